The molecule has 0 aromatic heterocycles. The highest BCUT2D eigenvalue weighted by molar-refractivity contribution is 5.95. The Bertz CT molecular complexity index is 676. The van der Waals surface area contributed by atoms with Crippen molar-refractivity contribution in [2.45, 2.75) is 40.7 Å². The first-order valence-corrected chi connectivity index (χ1v) is 9.17. The molecule has 1 aliphatic rings. The number of anilines is 1. The van der Waals surface area contributed by atoms with Crippen molar-refractivity contribution in [3.63, 3.8) is 0 Å². The standard InChI is InChI=1S/C20H29N3O3/c1-6-23(7-2)16-10-8-15(9-11-16)18-17(14(5)21-20(25)22-18)19(24)26-12-13(3)4/h8-11,13,18H,6-7,12H2,1-5H3,(H2,21,22,25)/t18-/m1/s1. The first-order chi connectivity index (χ1) is 12.4. The summed E-state index contributed by atoms with van der Waals surface area (Å²) in [7, 11) is 0. The first kappa shape index (κ1) is 19.8. The summed E-state index contributed by atoms with van der Waals surface area (Å²) in [6.07, 6.45) is 0. The Kier molecular flexibility index (Phi) is 6.66. The molecule has 0 spiro atoms. The van der Waals surface area contributed by atoms with Gasteiger partial charge < -0.3 is 20.3 Å². The first-order valence-electron chi connectivity index (χ1n) is 9.17. The lowest BCUT2D eigenvalue weighted by Gasteiger charge is -2.29. The fourth-order valence-electron chi connectivity index (χ4n) is 3.00. The molecule has 2 rings (SSSR count). The van der Waals surface area contributed by atoms with Gasteiger partial charge in [-0.15, -0.1) is 0 Å². The van der Waals surface area contributed by atoms with E-state index in [1.165, 1.54) is 0 Å². The molecule has 142 valence electrons. The third-order valence-electron chi connectivity index (χ3n) is 4.39. The van der Waals surface area contributed by atoms with Crippen LogP contribution in [0.5, 0.6) is 0 Å². The fraction of sp³-hybridized carbons (Fsp3) is 0.500. The summed E-state index contributed by atoms with van der Waals surface area (Å²) in [5, 5.41) is 5.50. The van der Waals surface area contributed by atoms with E-state index in [2.05, 4.69) is 29.4 Å². The minimum absolute atomic E-state index is 0.248. The summed E-state index contributed by atoms with van der Waals surface area (Å²) in [6, 6.07) is 7.10. The van der Waals surface area contributed by atoms with Crippen LogP contribution in [0.25, 0.3) is 0 Å². The van der Waals surface area contributed by atoms with E-state index in [0.29, 0.717) is 17.9 Å². The zero-order valence-electron chi connectivity index (χ0n) is 16.3. The molecule has 2 N–H and O–H groups in total. The lowest BCUT2D eigenvalue weighted by atomic mass is 9.95. The van der Waals surface area contributed by atoms with E-state index in [0.717, 1.165) is 24.3 Å². The lowest BCUT2D eigenvalue weighted by molar-refractivity contribution is -0.140. The Morgan fingerprint density at radius 1 is 1.19 bits per heavy atom. The van der Waals surface area contributed by atoms with E-state index in [4.69, 9.17) is 4.74 Å². The van der Waals surface area contributed by atoms with Crippen molar-refractivity contribution < 1.29 is 14.3 Å². The topological polar surface area (TPSA) is 70.7 Å². The van der Waals surface area contributed by atoms with Crippen molar-refractivity contribution >= 4 is 17.7 Å². The largest absolute Gasteiger partial charge is 0.462 e. The number of ether oxygens (including phenoxy) is 1. The van der Waals surface area contributed by atoms with Crippen molar-refractivity contribution in [1.82, 2.24) is 10.6 Å². The molecule has 2 amide bonds. The third-order valence-corrected chi connectivity index (χ3v) is 4.39. The molecule has 1 atom stereocenters. The molecule has 0 aliphatic carbocycles. The van der Waals surface area contributed by atoms with Crippen LogP contribution in [0.1, 0.15) is 46.2 Å². The maximum Gasteiger partial charge on any atom is 0.338 e. The molecule has 0 saturated carbocycles. The highest BCUT2D eigenvalue weighted by atomic mass is 16.5. The molecular formula is C20H29N3O3. The summed E-state index contributed by atoms with van der Waals surface area (Å²) in [4.78, 5) is 26.8. The second-order valence-corrected chi connectivity index (χ2v) is 6.83. The molecule has 0 saturated heterocycles. The normalized spacial score (nSPS) is 17.0. The van der Waals surface area contributed by atoms with Gasteiger partial charge in [-0.3, -0.25) is 0 Å². The number of urea groups is 1. The van der Waals surface area contributed by atoms with Gasteiger partial charge in [-0.25, -0.2) is 9.59 Å². The number of amides is 2. The molecule has 0 unspecified atom stereocenters. The van der Waals surface area contributed by atoms with Gasteiger partial charge in [-0.1, -0.05) is 26.0 Å². The van der Waals surface area contributed by atoms with Crippen molar-refractivity contribution in [1.29, 1.82) is 0 Å². The summed E-state index contributed by atoms with van der Waals surface area (Å²) >= 11 is 0. The van der Waals surface area contributed by atoms with Crippen LogP contribution in [0, 0.1) is 5.92 Å². The van der Waals surface area contributed by atoms with Crippen molar-refractivity contribution in [2.75, 3.05) is 24.6 Å². The van der Waals surface area contributed by atoms with E-state index in [9.17, 15) is 9.59 Å². The third kappa shape index (κ3) is 4.56. The molecule has 0 fully saturated rings. The van der Waals surface area contributed by atoms with Crippen molar-refractivity contribution in [3.8, 4) is 0 Å². The molecule has 26 heavy (non-hydrogen) atoms. The smallest absolute Gasteiger partial charge is 0.338 e. The van der Waals surface area contributed by atoms with Gasteiger partial charge in [0.2, 0.25) is 0 Å². The van der Waals surface area contributed by atoms with Gasteiger partial charge in [-0.05, 0) is 44.4 Å². The van der Waals surface area contributed by atoms with E-state index in [1.807, 2.05) is 38.1 Å². The van der Waals surface area contributed by atoms with Crippen LogP contribution < -0.4 is 15.5 Å². The van der Waals surface area contributed by atoms with E-state index < -0.39 is 12.0 Å². The van der Waals surface area contributed by atoms with Crippen LogP contribution >= 0.6 is 0 Å². The SMILES string of the molecule is CCN(CC)c1ccc([C@H]2NC(=O)NC(C)=C2C(=O)OCC(C)C)cc1. The number of hydrogen-bond acceptors (Lipinski definition) is 4. The lowest BCUT2D eigenvalue weighted by Crippen LogP contribution is -2.45. The van der Waals surface area contributed by atoms with E-state index in [1.54, 1.807) is 6.92 Å². The van der Waals surface area contributed by atoms with Crippen molar-refractivity contribution in [2.24, 2.45) is 5.92 Å². The van der Waals surface area contributed by atoms with Crippen LogP contribution in [0.3, 0.4) is 0 Å². The van der Waals surface area contributed by atoms with Gasteiger partial charge in [-0.2, -0.15) is 0 Å². The van der Waals surface area contributed by atoms with Gasteiger partial charge in [0.1, 0.15) is 0 Å². The molecule has 6 heteroatoms. The van der Waals surface area contributed by atoms with Crippen LogP contribution in [0.4, 0.5) is 10.5 Å². The molecule has 0 radical (unpaired) electrons. The average Bonchev–Trinajstić information content (AvgIpc) is 2.60. The zero-order chi connectivity index (χ0) is 19.3. The van der Waals surface area contributed by atoms with E-state index >= 15 is 0 Å². The summed E-state index contributed by atoms with van der Waals surface area (Å²) in [5.74, 6) is -0.153. The number of carbonyl (C=O) groups excluding carboxylic acids is 2. The number of hydrogen-bond donors (Lipinski definition) is 2. The minimum Gasteiger partial charge on any atom is -0.462 e. The van der Waals surface area contributed by atoms with Gasteiger partial charge in [0, 0.05) is 24.5 Å². The highest BCUT2D eigenvalue weighted by Crippen LogP contribution is 2.29. The van der Waals surface area contributed by atoms with Gasteiger partial charge in [0.25, 0.3) is 0 Å². The highest BCUT2D eigenvalue weighted by Gasteiger charge is 2.32. The minimum atomic E-state index is -0.519. The quantitative estimate of drug-likeness (QED) is 0.733. The number of carbonyl (C=O) groups is 2. The number of allylic oxidation sites excluding steroid dienone is 1. The number of nitrogens with zero attached hydrogens (tertiary/aromatic N) is 1. The second-order valence-electron chi connectivity index (χ2n) is 6.83. The number of esters is 1. The van der Waals surface area contributed by atoms with Gasteiger partial charge in [0.15, 0.2) is 0 Å². The zero-order valence-corrected chi connectivity index (χ0v) is 16.3. The molecule has 0 bridgehead atoms. The molecule has 6 nitrogen and oxygen atoms in total. The second kappa shape index (κ2) is 8.74. The maximum absolute atomic E-state index is 12.6. The van der Waals surface area contributed by atoms with E-state index in [-0.39, 0.29) is 11.9 Å². The predicted octanol–water partition coefficient (Wildman–Crippen LogP) is 3.36. The van der Waals surface area contributed by atoms with Crippen LogP contribution in [0.2, 0.25) is 0 Å². The van der Waals surface area contributed by atoms with Gasteiger partial charge in [0.05, 0.1) is 18.2 Å². The predicted molar refractivity (Wildman–Crippen MR) is 103 cm³/mol. The van der Waals surface area contributed by atoms with Crippen LogP contribution in [-0.2, 0) is 9.53 Å². The monoisotopic (exact) mass is 359 g/mol. The number of nitrogens with one attached hydrogen (secondary N) is 2. The number of rotatable bonds is 7. The Balaban J connectivity index is 2.30. The Morgan fingerprint density at radius 2 is 1.81 bits per heavy atom. The number of benzene rings is 1. The Morgan fingerprint density at radius 3 is 2.35 bits per heavy atom. The molecule has 1 aromatic carbocycles. The van der Waals surface area contributed by atoms with Gasteiger partial charge >= 0.3 is 12.0 Å². The average molecular weight is 359 g/mol. The fourth-order valence-corrected chi connectivity index (χ4v) is 3.00. The van der Waals surface area contributed by atoms with Crippen LogP contribution in [-0.4, -0.2) is 31.7 Å². The molecular weight excluding hydrogens is 330 g/mol. The van der Waals surface area contributed by atoms with Crippen molar-refractivity contribution in [3.05, 3.63) is 41.1 Å². The summed E-state index contributed by atoms with van der Waals surface area (Å²) in [6.45, 7) is 12.1. The van der Waals surface area contributed by atoms with Crippen LogP contribution in [0.15, 0.2) is 35.5 Å². The molecule has 1 aromatic rings. The Hall–Kier alpha value is -2.50. The molecule has 1 heterocycles. The summed E-state index contributed by atoms with van der Waals surface area (Å²) < 4.78 is 5.40. The molecule has 1 aliphatic heterocycles. The summed E-state index contributed by atoms with van der Waals surface area (Å²) in [5.41, 5.74) is 2.94. The maximum atomic E-state index is 12.6. The Labute approximate surface area is 155 Å².